The van der Waals surface area contributed by atoms with Crippen molar-refractivity contribution in [2.75, 3.05) is 4.90 Å². The van der Waals surface area contributed by atoms with Crippen LogP contribution in [0, 0.1) is 0 Å². The average Bonchev–Trinajstić information content (AvgIpc) is 4.41. The smallest absolute Gasteiger partial charge is 0.136 e. The maximum absolute atomic E-state index is 6.41. The van der Waals surface area contributed by atoms with Crippen LogP contribution in [0.1, 0.15) is 25.0 Å². The molecule has 13 aromatic carbocycles. The molecular formula is C75H49N3O. The molecule has 0 saturated carbocycles. The Morgan fingerprint density at radius 1 is 0.304 bits per heavy atom. The predicted molar refractivity (Wildman–Crippen MR) is 332 cm³/mol. The summed E-state index contributed by atoms with van der Waals surface area (Å²) in [5.74, 6) is 0. The summed E-state index contributed by atoms with van der Waals surface area (Å²) in [6, 6.07) is 96.4. The molecule has 0 spiro atoms. The Morgan fingerprint density at radius 3 is 1.47 bits per heavy atom. The van der Waals surface area contributed by atoms with E-state index in [0.29, 0.717) is 0 Å². The third-order valence-electron chi connectivity index (χ3n) is 17.4. The summed E-state index contributed by atoms with van der Waals surface area (Å²) in [7, 11) is 0. The van der Waals surface area contributed by atoms with Gasteiger partial charge in [-0.25, -0.2) is 0 Å². The molecule has 1 aliphatic carbocycles. The van der Waals surface area contributed by atoms with Gasteiger partial charge >= 0.3 is 0 Å². The van der Waals surface area contributed by atoms with E-state index in [2.05, 4.69) is 289 Å². The van der Waals surface area contributed by atoms with Crippen molar-refractivity contribution in [3.63, 3.8) is 0 Å². The van der Waals surface area contributed by atoms with E-state index in [1.807, 2.05) is 0 Å². The van der Waals surface area contributed by atoms with Crippen LogP contribution in [0.3, 0.4) is 0 Å². The molecule has 0 bridgehead atoms. The largest absolute Gasteiger partial charge is 0.456 e. The third-order valence-corrected chi connectivity index (χ3v) is 17.4. The Morgan fingerprint density at radius 2 is 0.772 bits per heavy atom. The van der Waals surface area contributed by atoms with Crippen LogP contribution in [0.25, 0.3) is 132 Å². The minimum atomic E-state index is -0.166. The Bertz CT molecular complexity index is 5150. The number of para-hydroxylation sites is 3. The van der Waals surface area contributed by atoms with Crippen LogP contribution in [0.2, 0.25) is 0 Å². The summed E-state index contributed by atoms with van der Waals surface area (Å²) < 4.78 is 11.2. The van der Waals surface area contributed by atoms with E-state index in [-0.39, 0.29) is 5.41 Å². The van der Waals surface area contributed by atoms with Crippen molar-refractivity contribution < 1.29 is 4.42 Å². The van der Waals surface area contributed by atoms with Crippen LogP contribution in [-0.4, -0.2) is 9.13 Å². The molecule has 3 heterocycles. The van der Waals surface area contributed by atoms with Crippen LogP contribution in [0.5, 0.6) is 0 Å². The molecular weight excluding hydrogens is 959 g/mol. The molecule has 1 aliphatic rings. The maximum atomic E-state index is 6.41. The van der Waals surface area contributed by atoms with Gasteiger partial charge in [0.2, 0.25) is 0 Å². The number of furan rings is 1. The molecule has 0 fully saturated rings. The van der Waals surface area contributed by atoms with E-state index in [1.165, 1.54) is 109 Å². The second kappa shape index (κ2) is 16.4. The van der Waals surface area contributed by atoms with E-state index in [1.54, 1.807) is 0 Å². The lowest BCUT2D eigenvalue weighted by molar-refractivity contribution is 0.660. The minimum Gasteiger partial charge on any atom is -0.456 e. The first-order valence-electron chi connectivity index (χ1n) is 27.4. The molecule has 0 N–H and O–H groups in total. The first-order valence-corrected chi connectivity index (χ1v) is 27.4. The van der Waals surface area contributed by atoms with Crippen LogP contribution < -0.4 is 4.90 Å². The fraction of sp³-hybridized carbons (Fsp3) is 0.0400. The van der Waals surface area contributed by atoms with Crippen molar-refractivity contribution in [3.05, 3.63) is 272 Å². The summed E-state index contributed by atoms with van der Waals surface area (Å²) in [6.45, 7) is 4.74. The number of hydrogen-bond donors (Lipinski definition) is 0. The van der Waals surface area contributed by atoms with Gasteiger partial charge in [-0.3, -0.25) is 0 Å². The lowest BCUT2D eigenvalue weighted by atomic mass is 9.82. The highest BCUT2D eigenvalue weighted by molar-refractivity contribution is 6.33. The summed E-state index contributed by atoms with van der Waals surface area (Å²) >= 11 is 0. The van der Waals surface area contributed by atoms with Crippen molar-refractivity contribution in [2.45, 2.75) is 19.3 Å². The van der Waals surface area contributed by atoms with Crippen LogP contribution in [-0.2, 0) is 5.41 Å². The van der Waals surface area contributed by atoms with Gasteiger partial charge in [0.15, 0.2) is 0 Å². The van der Waals surface area contributed by atoms with Gasteiger partial charge in [-0.15, -0.1) is 0 Å². The number of fused-ring (bicyclic) bond motifs is 12. The van der Waals surface area contributed by atoms with Crippen molar-refractivity contribution in [3.8, 4) is 44.8 Å². The number of aromatic nitrogens is 2. The van der Waals surface area contributed by atoms with Crippen LogP contribution in [0.4, 0.5) is 17.1 Å². The summed E-state index contributed by atoms with van der Waals surface area (Å²) in [5.41, 5.74) is 22.1. The average molecular weight is 1010 g/mol. The summed E-state index contributed by atoms with van der Waals surface area (Å²) in [4.78, 5) is 2.46. The number of nitrogens with zero attached hydrogens (tertiary/aromatic N) is 3. The standard InChI is InChI=1S/C75H49N3O/c1-75(2)65-23-11-9-19-56(65)57-37-34-54(45-66(57)75)76(52-32-27-46(28-33-52)47-30-38-68-62(42-47)58-20-10-12-24-67(58)77(68)50-15-5-3-6-16-50)53-35-40-70-64(44-53)63-43-49(31-39-69(63)78(70)51-17-7-4-8-18-51)48-29-36-55-59-21-13-25-71-73(59)74-60(61(55)41-48)22-14-26-72(74)79-71/h3-45H,1-2H3. The Labute approximate surface area is 456 Å². The van der Waals surface area contributed by atoms with Gasteiger partial charge < -0.3 is 18.5 Å². The number of anilines is 3. The van der Waals surface area contributed by atoms with Gasteiger partial charge in [-0.2, -0.15) is 0 Å². The quantitative estimate of drug-likeness (QED) is 0.149. The van der Waals surface area contributed by atoms with E-state index in [0.717, 1.165) is 50.6 Å². The second-order valence-corrected chi connectivity index (χ2v) is 22.0. The molecule has 3 aromatic heterocycles. The highest BCUT2D eigenvalue weighted by atomic mass is 16.3. The zero-order valence-corrected chi connectivity index (χ0v) is 43.6. The minimum absolute atomic E-state index is 0.166. The van der Waals surface area contributed by atoms with Gasteiger partial charge in [0.05, 0.1) is 22.1 Å². The van der Waals surface area contributed by atoms with Gasteiger partial charge in [-0.05, 0) is 181 Å². The maximum Gasteiger partial charge on any atom is 0.136 e. The molecule has 0 amide bonds. The van der Waals surface area contributed by atoms with Crippen LogP contribution >= 0.6 is 0 Å². The second-order valence-electron chi connectivity index (χ2n) is 22.0. The van der Waals surface area contributed by atoms with E-state index in [4.69, 9.17) is 4.42 Å². The number of benzene rings is 13. The topological polar surface area (TPSA) is 26.2 Å². The molecule has 0 radical (unpaired) electrons. The zero-order chi connectivity index (χ0) is 52.1. The predicted octanol–water partition coefficient (Wildman–Crippen LogP) is 20.6. The molecule has 0 saturated heterocycles. The Kier molecular flexibility index (Phi) is 9.15. The van der Waals surface area contributed by atoms with Gasteiger partial charge in [0.25, 0.3) is 0 Å². The summed E-state index contributed by atoms with van der Waals surface area (Å²) in [6.07, 6.45) is 0. The third kappa shape index (κ3) is 6.37. The lowest BCUT2D eigenvalue weighted by Crippen LogP contribution is -2.16. The molecule has 0 unspecified atom stereocenters. The zero-order valence-electron chi connectivity index (χ0n) is 43.6. The molecule has 0 aliphatic heterocycles. The van der Waals surface area contributed by atoms with E-state index >= 15 is 0 Å². The first-order chi connectivity index (χ1) is 38.9. The van der Waals surface area contributed by atoms with E-state index in [9.17, 15) is 0 Å². The Hall–Kier alpha value is -10.2. The van der Waals surface area contributed by atoms with Crippen molar-refractivity contribution in [1.82, 2.24) is 9.13 Å². The molecule has 16 aromatic rings. The molecule has 17 rings (SSSR count). The Balaban J connectivity index is 0.842. The van der Waals surface area contributed by atoms with Gasteiger partial charge in [-0.1, -0.05) is 159 Å². The number of hydrogen-bond acceptors (Lipinski definition) is 2. The molecule has 370 valence electrons. The molecule has 4 nitrogen and oxygen atoms in total. The molecule has 0 atom stereocenters. The lowest BCUT2D eigenvalue weighted by Gasteiger charge is -2.28. The van der Waals surface area contributed by atoms with Crippen molar-refractivity contribution in [1.29, 1.82) is 0 Å². The van der Waals surface area contributed by atoms with Gasteiger partial charge in [0, 0.05) is 66.2 Å². The fourth-order valence-corrected chi connectivity index (χ4v) is 13.8. The van der Waals surface area contributed by atoms with Crippen molar-refractivity contribution in [2.24, 2.45) is 0 Å². The van der Waals surface area contributed by atoms with Gasteiger partial charge in [0.1, 0.15) is 11.2 Å². The fourth-order valence-electron chi connectivity index (χ4n) is 13.8. The SMILES string of the molecule is CC1(C)c2ccccc2-c2ccc(N(c3ccc(-c4ccc5c(c4)c4ccccc4n5-c4ccccc4)cc3)c3ccc4c(c3)c3cc(-c5ccc6c(c5)c5cccc7oc8cccc6c8c75)ccc3n4-c3ccccc3)cc21. The molecule has 4 heteroatoms. The monoisotopic (exact) mass is 1010 g/mol. The van der Waals surface area contributed by atoms with Crippen molar-refractivity contribution >= 4 is 104 Å². The normalized spacial score (nSPS) is 13.0. The highest BCUT2D eigenvalue weighted by Gasteiger charge is 2.36. The van der Waals surface area contributed by atoms with Crippen LogP contribution in [0.15, 0.2) is 265 Å². The number of rotatable bonds is 7. The summed E-state index contributed by atoms with van der Waals surface area (Å²) in [5, 5.41) is 12.2. The molecule has 79 heavy (non-hydrogen) atoms. The first kappa shape index (κ1) is 44.0. The van der Waals surface area contributed by atoms with E-state index < -0.39 is 0 Å². The highest BCUT2D eigenvalue weighted by Crippen LogP contribution is 2.52.